The smallest absolute Gasteiger partial charge is 0.229 e. The number of pyridine rings is 1. The zero-order valence-electron chi connectivity index (χ0n) is 14.2. The van der Waals surface area contributed by atoms with Gasteiger partial charge in [-0.05, 0) is 34.7 Å². The summed E-state index contributed by atoms with van der Waals surface area (Å²) in [6.45, 7) is 5.51. The lowest BCUT2D eigenvalue weighted by Gasteiger charge is -2.19. The van der Waals surface area contributed by atoms with Gasteiger partial charge in [-0.3, -0.25) is 4.79 Å². The third-order valence-electron chi connectivity index (χ3n) is 3.88. The highest BCUT2D eigenvalue weighted by molar-refractivity contribution is 14.1. The van der Waals surface area contributed by atoms with E-state index in [0.29, 0.717) is 14.8 Å². The van der Waals surface area contributed by atoms with Crippen molar-refractivity contribution in [3.8, 4) is 11.3 Å². The maximum Gasteiger partial charge on any atom is 0.229 e. The van der Waals surface area contributed by atoms with Gasteiger partial charge in [0.1, 0.15) is 5.69 Å². The summed E-state index contributed by atoms with van der Waals surface area (Å²) in [5.41, 5.74) is 1.55. The van der Waals surface area contributed by atoms with E-state index >= 15 is 0 Å². The quantitative estimate of drug-likeness (QED) is 0.517. The Labute approximate surface area is 159 Å². The summed E-state index contributed by atoms with van der Waals surface area (Å²) in [4.78, 5) is 16.9. The number of halogens is 2. The highest BCUT2D eigenvalue weighted by Crippen LogP contribution is 2.34. The van der Waals surface area contributed by atoms with E-state index in [1.165, 1.54) is 0 Å². The first-order valence-electron chi connectivity index (χ1n) is 7.93. The van der Waals surface area contributed by atoms with Crippen molar-refractivity contribution >= 4 is 45.1 Å². The maximum absolute atomic E-state index is 15.0. The molecule has 2 aromatic carbocycles. The molecule has 0 saturated carbocycles. The maximum atomic E-state index is 15.0. The average Bonchev–Trinajstić information content (AvgIpc) is 2.58. The molecule has 0 spiro atoms. The van der Waals surface area contributed by atoms with Crippen molar-refractivity contribution in [3.05, 3.63) is 57.9 Å². The van der Waals surface area contributed by atoms with Crippen LogP contribution >= 0.6 is 22.6 Å². The molecule has 0 bridgehead atoms. The molecule has 0 saturated heterocycles. The third-order valence-corrected chi connectivity index (χ3v) is 4.94. The van der Waals surface area contributed by atoms with E-state index in [-0.39, 0.29) is 17.4 Å². The Hall–Kier alpha value is -2.02. The molecule has 3 rings (SSSR count). The number of rotatable bonds is 2. The van der Waals surface area contributed by atoms with Gasteiger partial charge in [0.25, 0.3) is 0 Å². The molecule has 1 amide bonds. The Morgan fingerprint density at radius 1 is 1.08 bits per heavy atom. The molecule has 0 aliphatic heterocycles. The Morgan fingerprint density at radius 3 is 2.44 bits per heavy atom. The van der Waals surface area contributed by atoms with Crippen LogP contribution in [0.3, 0.4) is 0 Å². The first-order valence-corrected chi connectivity index (χ1v) is 9.01. The van der Waals surface area contributed by atoms with Crippen molar-refractivity contribution in [2.45, 2.75) is 20.8 Å². The number of nitrogens with zero attached hydrogens (tertiary/aromatic N) is 1. The van der Waals surface area contributed by atoms with Gasteiger partial charge in [0.2, 0.25) is 5.91 Å². The van der Waals surface area contributed by atoms with Crippen LogP contribution < -0.4 is 5.32 Å². The lowest BCUT2D eigenvalue weighted by molar-refractivity contribution is -0.123. The molecular weight excluding hydrogens is 430 g/mol. The Balaban J connectivity index is 2.16. The molecule has 0 radical (unpaired) electrons. The van der Waals surface area contributed by atoms with E-state index in [2.05, 4.69) is 10.3 Å². The SMILES string of the molecule is CC(C)(C)C(=O)Nc1ccccc1-c1nc2ccccc2c(I)c1F. The molecule has 0 unspecified atom stereocenters. The summed E-state index contributed by atoms with van der Waals surface area (Å²) in [7, 11) is 0. The van der Waals surface area contributed by atoms with Crippen molar-refractivity contribution in [3.63, 3.8) is 0 Å². The van der Waals surface area contributed by atoms with Crippen LogP contribution in [0.25, 0.3) is 22.2 Å². The molecule has 1 aromatic heterocycles. The monoisotopic (exact) mass is 448 g/mol. The number of hydrogen-bond donors (Lipinski definition) is 1. The fraction of sp³-hybridized carbons (Fsp3) is 0.200. The molecule has 0 atom stereocenters. The van der Waals surface area contributed by atoms with Gasteiger partial charge in [0.05, 0.1) is 14.8 Å². The molecule has 1 heterocycles. The minimum atomic E-state index is -0.545. The van der Waals surface area contributed by atoms with Crippen LogP contribution in [0.4, 0.5) is 10.1 Å². The first kappa shape index (κ1) is 17.8. The van der Waals surface area contributed by atoms with E-state index in [4.69, 9.17) is 0 Å². The van der Waals surface area contributed by atoms with Gasteiger partial charge >= 0.3 is 0 Å². The number of carbonyl (C=O) groups excluding carboxylic acids is 1. The van der Waals surface area contributed by atoms with E-state index in [9.17, 15) is 9.18 Å². The highest BCUT2D eigenvalue weighted by Gasteiger charge is 2.23. The Kier molecular flexibility index (Phi) is 4.77. The summed E-state index contributed by atoms with van der Waals surface area (Å²) in [6.07, 6.45) is 0. The van der Waals surface area contributed by atoms with Crippen LogP contribution in [0, 0.1) is 14.8 Å². The number of fused-ring (bicyclic) bond motifs is 1. The van der Waals surface area contributed by atoms with Crippen LogP contribution in [0.5, 0.6) is 0 Å². The predicted octanol–water partition coefficient (Wildman–Crippen LogP) is 5.63. The minimum Gasteiger partial charge on any atom is -0.325 e. The molecule has 0 aliphatic rings. The van der Waals surface area contributed by atoms with Gasteiger partial charge in [-0.1, -0.05) is 57.2 Å². The Morgan fingerprint density at radius 2 is 1.72 bits per heavy atom. The summed E-state index contributed by atoms with van der Waals surface area (Å²) in [5, 5.41) is 3.67. The van der Waals surface area contributed by atoms with Crippen LogP contribution in [-0.2, 0) is 4.79 Å². The zero-order chi connectivity index (χ0) is 18.2. The van der Waals surface area contributed by atoms with Crippen molar-refractivity contribution in [2.24, 2.45) is 5.41 Å². The first-order chi connectivity index (χ1) is 11.8. The van der Waals surface area contributed by atoms with E-state index < -0.39 is 5.41 Å². The van der Waals surface area contributed by atoms with Gasteiger partial charge in [-0.15, -0.1) is 0 Å². The zero-order valence-corrected chi connectivity index (χ0v) is 16.4. The van der Waals surface area contributed by atoms with Crippen molar-refractivity contribution < 1.29 is 9.18 Å². The van der Waals surface area contributed by atoms with Crippen molar-refractivity contribution in [1.29, 1.82) is 0 Å². The second-order valence-corrected chi connectivity index (χ2v) is 7.93. The van der Waals surface area contributed by atoms with Crippen molar-refractivity contribution in [1.82, 2.24) is 4.98 Å². The topological polar surface area (TPSA) is 42.0 Å². The molecule has 25 heavy (non-hydrogen) atoms. The number of hydrogen-bond acceptors (Lipinski definition) is 2. The number of carbonyl (C=O) groups is 1. The highest BCUT2D eigenvalue weighted by atomic mass is 127. The molecule has 128 valence electrons. The van der Waals surface area contributed by atoms with Crippen LogP contribution in [0.15, 0.2) is 48.5 Å². The molecule has 0 fully saturated rings. The minimum absolute atomic E-state index is 0.129. The van der Waals surface area contributed by atoms with Gasteiger partial charge in [0.15, 0.2) is 5.82 Å². The molecule has 1 N–H and O–H groups in total. The lowest BCUT2D eigenvalue weighted by Crippen LogP contribution is -2.27. The predicted molar refractivity (Wildman–Crippen MR) is 108 cm³/mol. The molecule has 3 aromatic rings. The fourth-order valence-electron chi connectivity index (χ4n) is 2.44. The summed E-state index contributed by atoms with van der Waals surface area (Å²) >= 11 is 2.00. The largest absolute Gasteiger partial charge is 0.325 e. The fourth-order valence-corrected chi connectivity index (χ4v) is 3.15. The standard InChI is InChI=1S/C20H18FIN2O/c1-20(2,3)19(25)24-15-11-7-5-9-13(15)18-16(21)17(22)12-8-4-6-10-14(12)23-18/h4-11H,1-3H3,(H,24,25). The van der Waals surface area contributed by atoms with Gasteiger partial charge in [-0.25, -0.2) is 9.37 Å². The second kappa shape index (κ2) is 6.71. The third kappa shape index (κ3) is 3.51. The summed E-state index contributed by atoms with van der Waals surface area (Å²) < 4.78 is 15.5. The van der Waals surface area contributed by atoms with Gasteiger partial charge in [-0.2, -0.15) is 0 Å². The van der Waals surface area contributed by atoms with Gasteiger partial charge < -0.3 is 5.32 Å². The Bertz CT molecular complexity index is 964. The molecule has 5 heteroatoms. The molecule has 0 aliphatic carbocycles. The lowest BCUT2D eigenvalue weighted by atomic mass is 9.95. The molecule has 3 nitrogen and oxygen atoms in total. The van der Waals surface area contributed by atoms with Crippen molar-refractivity contribution in [2.75, 3.05) is 5.32 Å². The normalized spacial score (nSPS) is 11.6. The number of anilines is 1. The summed E-state index contributed by atoms with van der Waals surface area (Å²) in [5.74, 6) is -0.507. The van der Waals surface area contributed by atoms with E-state index in [1.54, 1.807) is 12.1 Å². The summed E-state index contributed by atoms with van der Waals surface area (Å²) in [6, 6.07) is 14.6. The number of para-hydroxylation sites is 2. The number of nitrogens with one attached hydrogen (secondary N) is 1. The number of aromatic nitrogens is 1. The van der Waals surface area contributed by atoms with Crippen LogP contribution in [-0.4, -0.2) is 10.9 Å². The molecular formula is C20H18FIN2O. The van der Waals surface area contributed by atoms with E-state index in [0.717, 1.165) is 10.9 Å². The van der Waals surface area contributed by atoms with E-state index in [1.807, 2.05) is 79.8 Å². The average molecular weight is 448 g/mol. The van der Waals surface area contributed by atoms with Crippen LogP contribution in [0.2, 0.25) is 0 Å². The second-order valence-electron chi connectivity index (χ2n) is 6.86. The number of benzene rings is 2. The van der Waals surface area contributed by atoms with Crippen LogP contribution in [0.1, 0.15) is 20.8 Å². The number of amides is 1. The van der Waals surface area contributed by atoms with Gasteiger partial charge in [0, 0.05) is 16.4 Å².